The number of carbonyl (C=O) groups excluding carboxylic acids is 1. The predicted molar refractivity (Wildman–Crippen MR) is 114 cm³/mol. The van der Waals surface area contributed by atoms with E-state index in [1.54, 1.807) is 18.2 Å². The zero-order valence-corrected chi connectivity index (χ0v) is 16.3. The van der Waals surface area contributed by atoms with Gasteiger partial charge in [-0.15, -0.1) is 10.2 Å². The molecule has 1 aliphatic rings. The summed E-state index contributed by atoms with van der Waals surface area (Å²) in [5.74, 6) is 1.51. The standard InChI is InChI=1S/C22H21N5O3/c28-21(12-11-16-6-4-9-19(14-16)27(29)30)23-18-8-5-7-17(15-18)22-25-24-20-10-2-1-3-13-26(20)22/h4-9,11-12,14-15H,1-3,10,13H2,(H,23,28)/b12-11+. The number of aryl methyl sites for hydroxylation is 1. The maximum absolute atomic E-state index is 12.3. The lowest BCUT2D eigenvalue weighted by molar-refractivity contribution is -0.384. The van der Waals surface area contributed by atoms with Crippen LogP contribution in [0.15, 0.2) is 54.6 Å². The summed E-state index contributed by atoms with van der Waals surface area (Å²) < 4.78 is 2.16. The third-order valence-corrected chi connectivity index (χ3v) is 5.01. The molecule has 3 aromatic rings. The molecule has 8 heteroatoms. The van der Waals surface area contributed by atoms with E-state index in [0.29, 0.717) is 11.3 Å². The van der Waals surface area contributed by atoms with Crippen LogP contribution >= 0.6 is 0 Å². The first-order valence-corrected chi connectivity index (χ1v) is 9.86. The van der Waals surface area contributed by atoms with Crippen molar-refractivity contribution in [3.05, 3.63) is 76.1 Å². The van der Waals surface area contributed by atoms with E-state index in [4.69, 9.17) is 0 Å². The van der Waals surface area contributed by atoms with Crippen LogP contribution in [0.25, 0.3) is 17.5 Å². The second-order valence-electron chi connectivity index (χ2n) is 7.16. The predicted octanol–water partition coefficient (Wildman–Crippen LogP) is 4.23. The van der Waals surface area contributed by atoms with Crippen molar-refractivity contribution in [2.75, 3.05) is 5.32 Å². The summed E-state index contributed by atoms with van der Waals surface area (Å²) in [6.45, 7) is 0.903. The van der Waals surface area contributed by atoms with E-state index in [9.17, 15) is 14.9 Å². The van der Waals surface area contributed by atoms with Gasteiger partial charge in [0.25, 0.3) is 5.69 Å². The highest BCUT2D eigenvalue weighted by Gasteiger charge is 2.16. The van der Waals surface area contributed by atoms with Crippen molar-refractivity contribution in [3.8, 4) is 11.4 Å². The Bertz CT molecular complexity index is 1120. The van der Waals surface area contributed by atoms with Gasteiger partial charge in [-0.05, 0) is 36.6 Å². The molecule has 152 valence electrons. The number of aromatic nitrogens is 3. The van der Waals surface area contributed by atoms with Crippen LogP contribution in [0.3, 0.4) is 0 Å². The number of benzene rings is 2. The topological polar surface area (TPSA) is 103 Å². The van der Waals surface area contributed by atoms with Crippen LogP contribution in [0.1, 0.15) is 30.7 Å². The Balaban J connectivity index is 1.48. The molecule has 1 amide bonds. The molecule has 0 saturated heterocycles. The van der Waals surface area contributed by atoms with Crippen molar-refractivity contribution in [1.29, 1.82) is 0 Å². The molecule has 1 aromatic heterocycles. The lowest BCUT2D eigenvalue weighted by Crippen LogP contribution is -2.08. The van der Waals surface area contributed by atoms with Crippen molar-refractivity contribution in [2.45, 2.75) is 32.2 Å². The summed E-state index contributed by atoms with van der Waals surface area (Å²) in [6.07, 6.45) is 7.27. The van der Waals surface area contributed by atoms with E-state index >= 15 is 0 Å². The number of nitrogens with one attached hydrogen (secondary N) is 1. The largest absolute Gasteiger partial charge is 0.322 e. The quantitative estimate of drug-likeness (QED) is 0.390. The summed E-state index contributed by atoms with van der Waals surface area (Å²) in [6, 6.07) is 13.6. The van der Waals surface area contributed by atoms with Crippen LogP contribution in [0.4, 0.5) is 11.4 Å². The molecule has 0 bridgehead atoms. The smallest absolute Gasteiger partial charge is 0.270 e. The van der Waals surface area contributed by atoms with Gasteiger partial charge in [-0.3, -0.25) is 14.9 Å². The van der Waals surface area contributed by atoms with Crippen LogP contribution < -0.4 is 5.32 Å². The van der Waals surface area contributed by atoms with Gasteiger partial charge in [-0.1, -0.05) is 30.7 Å². The molecule has 0 radical (unpaired) electrons. The number of anilines is 1. The maximum atomic E-state index is 12.3. The molecular weight excluding hydrogens is 382 g/mol. The van der Waals surface area contributed by atoms with Gasteiger partial charge in [0, 0.05) is 42.4 Å². The van der Waals surface area contributed by atoms with Gasteiger partial charge >= 0.3 is 0 Å². The van der Waals surface area contributed by atoms with E-state index in [-0.39, 0.29) is 11.6 Å². The lowest BCUT2D eigenvalue weighted by atomic mass is 10.1. The molecule has 1 aliphatic heterocycles. The zero-order chi connectivity index (χ0) is 20.9. The number of nitrogens with zero attached hydrogens (tertiary/aromatic N) is 4. The van der Waals surface area contributed by atoms with Crippen LogP contribution in [-0.4, -0.2) is 25.6 Å². The molecule has 0 spiro atoms. The van der Waals surface area contributed by atoms with Crippen LogP contribution in [0.2, 0.25) is 0 Å². The first-order valence-electron chi connectivity index (χ1n) is 9.86. The molecule has 30 heavy (non-hydrogen) atoms. The molecule has 0 saturated carbocycles. The van der Waals surface area contributed by atoms with Crippen molar-refractivity contribution in [3.63, 3.8) is 0 Å². The lowest BCUT2D eigenvalue weighted by Gasteiger charge is -2.09. The highest BCUT2D eigenvalue weighted by molar-refractivity contribution is 6.02. The van der Waals surface area contributed by atoms with Crippen molar-refractivity contribution >= 4 is 23.4 Å². The third kappa shape index (κ3) is 4.43. The van der Waals surface area contributed by atoms with Gasteiger partial charge in [0.2, 0.25) is 5.91 Å². The Labute approximate surface area is 173 Å². The second kappa shape index (κ2) is 8.69. The molecule has 8 nitrogen and oxygen atoms in total. The fourth-order valence-corrected chi connectivity index (χ4v) is 3.53. The maximum Gasteiger partial charge on any atom is 0.270 e. The fraction of sp³-hybridized carbons (Fsp3) is 0.227. The minimum Gasteiger partial charge on any atom is -0.322 e. The number of non-ortho nitro benzene ring substituents is 1. The second-order valence-corrected chi connectivity index (χ2v) is 7.16. The van der Waals surface area contributed by atoms with Crippen molar-refractivity contribution in [2.24, 2.45) is 0 Å². The fourth-order valence-electron chi connectivity index (χ4n) is 3.53. The Morgan fingerprint density at radius 2 is 1.97 bits per heavy atom. The van der Waals surface area contributed by atoms with E-state index in [0.717, 1.165) is 43.0 Å². The zero-order valence-electron chi connectivity index (χ0n) is 16.3. The van der Waals surface area contributed by atoms with Gasteiger partial charge in [-0.2, -0.15) is 0 Å². The number of rotatable bonds is 5. The molecule has 2 heterocycles. The molecule has 0 unspecified atom stereocenters. The number of nitro benzene ring substituents is 1. The monoisotopic (exact) mass is 403 g/mol. The van der Waals surface area contributed by atoms with Gasteiger partial charge in [-0.25, -0.2) is 0 Å². The molecule has 2 aromatic carbocycles. The van der Waals surface area contributed by atoms with Crippen molar-refractivity contribution < 1.29 is 9.72 Å². The number of nitro groups is 1. The van der Waals surface area contributed by atoms with E-state index < -0.39 is 4.92 Å². The minimum atomic E-state index is -0.464. The molecule has 0 aliphatic carbocycles. The first-order chi connectivity index (χ1) is 14.6. The Morgan fingerprint density at radius 1 is 1.10 bits per heavy atom. The van der Waals surface area contributed by atoms with E-state index in [2.05, 4.69) is 20.1 Å². The Hall–Kier alpha value is -3.81. The average molecular weight is 403 g/mol. The SMILES string of the molecule is O=C(/C=C/c1cccc([N+](=O)[O-])c1)Nc1cccc(-c2nnc3n2CCCCC3)c1. The van der Waals surface area contributed by atoms with Gasteiger partial charge in [0.15, 0.2) is 5.82 Å². The number of amides is 1. The number of fused-ring (bicyclic) bond motifs is 1. The molecule has 0 atom stereocenters. The van der Waals surface area contributed by atoms with Crippen LogP contribution in [-0.2, 0) is 17.8 Å². The average Bonchev–Trinajstić information content (AvgIpc) is 3.01. The van der Waals surface area contributed by atoms with Gasteiger partial charge in [0.05, 0.1) is 4.92 Å². The highest BCUT2D eigenvalue weighted by Crippen LogP contribution is 2.25. The molecular formula is C22H21N5O3. The normalized spacial score (nSPS) is 13.6. The highest BCUT2D eigenvalue weighted by atomic mass is 16.6. The van der Waals surface area contributed by atoms with Crippen LogP contribution in [0.5, 0.6) is 0 Å². The van der Waals surface area contributed by atoms with Gasteiger partial charge in [0.1, 0.15) is 5.82 Å². The van der Waals surface area contributed by atoms with Crippen molar-refractivity contribution in [1.82, 2.24) is 14.8 Å². The van der Waals surface area contributed by atoms with E-state index in [1.165, 1.54) is 24.6 Å². The molecule has 0 fully saturated rings. The van der Waals surface area contributed by atoms with Gasteiger partial charge < -0.3 is 9.88 Å². The number of hydrogen-bond acceptors (Lipinski definition) is 5. The number of carbonyl (C=O) groups is 1. The summed E-state index contributed by atoms with van der Waals surface area (Å²) in [4.78, 5) is 22.7. The molecule has 4 rings (SSSR count). The third-order valence-electron chi connectivity index (χ3n) is 5.01. The minimum absolute atomic E-state index is 0.0160. The summed E-state index contributed by atoms with van der Waals surface area (Å²) >= 11 is 0. The number of hydrogen-bond donors (Lipinski definition) is 1. The first kappa shape index (κ1) is 19.5. The summed E-state index contributed by atoms with van der Waals surface area (Å²) in [5, 5.41) is 22.4. The Kier molecular flexibility index (Phi) is 5.65. The summed E-state index contributed by atoms with van der Waals surface area (Å²) in [7, 11) is 0. The van der Waals surface area contributed by atoms with Crippen LogP contribution in [0, 0.1) is 10.1 Å². The van der Waals surface area contributed by atoms with E-state index in [1.807, 2.05) is 24.3 Å². The molecule has 1 N–H and O–H groups in total. The summed E-state index contributed by atoms with van der Waals surface area (Å²) in [5.41, 5.74) is 2.11. The Morgan fingerprint density at radius 3 is 2.83 bits per heavy atom.